The van der Waals surface area contributed by atoms with E-state index >= 15 is 0 Å². The summed E-state index contributed by atoms with van der Waals surface area (Å²) >= 11 is 0. The fourth-order valence-corrected chi connectivity index (χ4v) is 2.23. The molecular weight excluding hydrogens is 323 g/mol. The molecule has 0 unspecified atom stereocenters. The predicted octanol–water partition coefficient (Wildman–Crippen LogP) is 3.04. The Morgan fingerprint density at radius 1 is 1.33 bits per heavy atom. The molecule has 2 aromatic rings. The molecule has 1 aromatic carbocycles. The number of benzene rings is 1. The number of methoxy groups -OCH3 is 1. The van der Waals surface area contributed by atoms with E-state index in [4.69, 9.17) is 4.74 Å². The van der Waals surface area contributed by atoms with Crippen molar-refractivity contribution in [1.82, 2.24) is 15.1 Å². The molecule has 0 saturated carbocycles. The summed E-state index contributed by atoms with van der Waals surface area (Å²) in [6.45, 7) is 2.17. The van der Waals surface area contributed by atoms with Crippen LogP contribution in [-0.4, -0.2) is 29.3 Å². The molecule has 5 nitrogen and oxygen atoms in total. The van der Waals surface area contributed by atoms with Crippen LogP contribution in [0.3, 0.4) is 0 Å². The number of hydrogen-bond donors (Lipinski definition) is 1. The fourth-order valence-electron chi connectivity index (χ4n) is 2.23. The smallest absolute Gasteiger partial charge is 0.435 e. The number of amides is 1. The number of aromatic nitrogens is 2. The zero-order valence-corrected chi connectivity index (χ0v) is 13.4. The van der Waals surface area contributed by atoms with Crippen LogP contribution in [0.2, 0.25) is 0 Å². The third-order valence-electron chi connectivity index (χ3n) is 3.46. The van der Waals surface area contributed by atoms with Gasteiger partial charge in [-0.15, -0.1) is 0 Å². The number of rotatable bonds is 6. The molecule has 0 saturated heterocycles. The van der Waals surface area contributed by atoms with Gasteiger partial charge in [-0.05, 0) is 31.5 Å². The van der Waals surface area contributed by atoms with Crippen molar-refractivity contribution in [2.45, 2.75) is 26.1 Å². The molecule has 0 aliphatic heterocycles. The Balaban J connectivity index is 1.87. The van der Waals surface area contributed by atoms with Gasteiger partial charge in [-0.25, -0.2) is 0 Å². The van der Waals surface area contributed by atoms with Gasteiger partial charge in [0.25, 0.3) is 5.91 Å². The average molecular weight is 341 g/mol. The molecule has 0 radical (unpaired) electrons. The van der Waals surface area contributed by atoms with E-state index in [2.05, 4.69) is 10.4 Å². The van der Waals surface area contributed by atoms with Crippen molar-refractivity contribution in [3.05, 3.63) is 47.3 Å². The minimum Gasteiger partial charge on any atom is -0.496 e. The molecule has 24 heavy (non-hydrogen) atoms. The van der Waals surface area contributed by atoms with Gasteiger partial charge < -0.3 is 10.1 Å². The summed E-state index contributed by atoms with van der Waals surface area (Å²) in [5, 5.41) is 6.26. The van der Waals surface area contributed by atoms with Crippen LogP contribution < -0.4 is 10.1 Å². The number of hydrogen-bond acceptors (Lipinski definition) is 3. The van der Waals surface area contributed by atoms with Crippen molar-refractivity contribution in [2.75, 3.05) is 13.7 Å². The molecule has 1 heterocycles. The minimum atomic E-state index is -4.45. The van der Waals surface area contributed by atoms with Gasteiger partial charge in [0, 0.05) is 18.8 Å². The quantitative estimate of drug-likeness (QED) is 0.822. The van der Waals surface area contributed by atoms with Crippen LogP contribution in [0.1, 0.15) is 28.2 Å². The lowest BCUT2D eigenvalue weighted by Crippen LogP contribution is -2.26. The molecule has 1 aromatic heterocycles. The van der Waals surface area contributed by atoms with Crippen molar-refractivity contribution in [3.63, 3.8) is 0 Å². The third kappa shape index (κ3) is 4.27. The number of nitrogens with one attached hydrogen (secondary N) is 1. The van der Waals surface area contributed by atoms with E-state index in [1.54, 1.807) is 31.2 Å². The number of halogens is 3. The number of ether oxygens (including phenoxy) is 1. The zero-order valence-electron chi connectivity index (χ0n) is 13.4. The largest absolute Gasteiger partial charge is 0.496 e. The molecule has 2 rings (SSSR count). The number of aryl methyl sites for hydroxylation is 2. The zero-order chi connectivity index (χ0) is 17.7. The Morgan fingerprint density at radius 3 is 2.67 bits per heavy atom. The maximum atomic E-state index is 12.6. The van der Waals surface area contributed by atoms with Gasteiger partial charge in [-0.1, -0.05) is 12.1 Å². The normalized spacial score (nSPS) is 11.4. The highest BCUT2D eigenvalue weighted by atomic mass is 19.4. The van der Waals surface area contributed by atoms with Crippen molar-refractivity contribution < 1.29 is 22.7 Å². The molecule has 0 fully saturated rings. The number of para-hydroxylation sites is 1. The van der Waals surface area contributed by atoms with E-state index in [0.29, 0.717) is 30.0 Å². The fraction of sp³-hybridized carbons (Fsp3) is 0.375. The molecule has 0 aliphatic rings. The second-order valence-electron chi connectivity index (χ2n) is 5.20. The van der Waals surface area contributed by atoms with Gasteiger partial charge in [0.2, 0.25) is 0 Å². The molecule has 1 amide bonds. The molecule has 1 N–H and O–H groups in total. The van der Waals surface area contributed by atoms with Crippen molar-refractivity contribution in [3.8, 4) is 5.75 Å². The van der Waals surface area contributed by atoms with Crippen molar-refractivity contribution >= 4 is 5.91 Å². The Bertz CT molecular complexity index is 711. The monoisotopic (exact) mass is 341 g/mol. The highest BCUT2D eigenvalue weighted by Crippen LogP contribution is 2.28. The lowest BCUT2D eigenvalue weighted by Gasteiger charge is -2.09. The van der Waals surface area contributed by atoms with Crippen LogP contribution in [0.4, 0.5) is 13.2 Å². The number of alkyl halides is 3. The maximum absolute atomic E-state index is 12.6. The second kappa shape index (κ2) is 7.37. The van der Waals surface area contributed by atoms with Gasteiger partial charge in [0.1, 0.15) is 5.75 Å². The first kappa shape index (κ1) is 17.8. The molecule has 130 valence electrons. The van der Waals surface area contributed by atoms with Gasteiger partial charge in [0.15, 0.2) is 5.69 Å². The molecular formula is C16H18F3N3O2. The Kier molecular flexibility index (Phi) is 5.48. The first-order chi connectivity index (χ1) is 11.3. The Morgan fingerprint density at radius 2 is 2.04 bits per heavy atom. The topological polar surface area (TPSA) is 56.1 Å². The summed E-state index contributed by atoms with van der Waals surface area (Å²) in [7, 11) is 1.48. The Hall–Kier alpha value is -2.51. The first-order valence-corrected chi connectivity index (χ1v) is 7.36. The van der Waals surface area contributed by atoms with Crippen LogP contribution in [0.5, 0.6) is 5.75 Å². The van der Waals surface area contributed by atoms with Crippen LogP contribution in [-0.2, 0) is 12.7 Å². The number of nitrogens with zero attached hydrogens (tertiary/aromatic N) is 2. The lowest BCUT2D eigenvalue weighted by molar-refractivity contribution is -0.141. The van der Waals surface area contributed by atoms with E-state index < -0.39 is 11.9 Å². The summed E-state index contributed by atoms with van der Waals surface area (Å²) in [5.74, 6) is 0.174. The predicted molar refractivity (Wildman–Crippen MR) is 81.9 cm³/mol. The van der Waals surface area contributed by atoms with Gasteiger partial charge in [-0.3, -0.25) is 9.48 Å². The minimum absolute atomic E-state index is 0.286. The van der Waals surface area contributed by atoms with Crippen molar-refractivity contribution in [2.24, 2.45) is 0 Å². The third-order valence-corrected chi connectivity index (χ3v) is 3.46. The SMILES string of the molecule is COc1ccccc1C(=O)NCCCn1nc(C(F)(F)F)cc1C. The van der Waals surface area contributed by atoms with Crippen LogP contribution in [0, 0.1) is 6.92 Å². The summed E-state index contributed by atoms with van der Waals surface area (Å²) < 4.78 is 44.2. The molecule has 0 bridgehead atoms. The average Bonchev–Trinajstić information content (AvgIpc) is 2.92. The van der Waals surface area contributed by atoms with Crippen LogP contribution in [0.25, 0.3) is 0 Å². The second-order valence-corrected chi connectivity index (χ2v) is 5.20. The standard InChI is InChI=1S/C16H18F3N3O2/c1-11-10-14(16(17,18)19)21-22(11)9-5-8-20-15(23)12-6-3-4-7-13(12)24-2/h3-4,6-7,10H,5,8-9H2,1-2H3,(H,20,23). The van der Waals surface area contributed by atoms with Crippen molar-refractivity contribution in [1.29, 1.82) is 0 Å². The highest BCUT2D eigenvalue weighted by molar-refractivity contribution is 5.96. The van der Waals surface area contributed by atoms with Gasteiger partial charge in [-0.2, -0.15) is 18.3 Å². The summed E-state index contributed by atoms with van der Waals surface area (Å²) in [5.41, 5.74) is -0.0638. The Labute approximate surface area is 137 Å². The number of carbonyl (C=O) groups excluding carboxylic acids is 1. The van der Waals surface area contributed by atoms with E-state index in [9.17, 15) is 18.0 Å². The lowest BCUT2D eigenvalue weighted by atomic mass is 10.2. The molecule has 0 spiro atoms. The van der Waals surface area contributed by atoms with Gasteiger partial charge >= 0.3 is 6.18 Å². The summed E-state index contributed by atoms with van der Waals surface area (Å²) in [6.07, 6.45) is -3.99. The number of carbonyl (C=O) groups is 1. The highest BCUT2D eigenvalue weighted by Gasteiger charge is 2.34. The van der Waals surface area contributed by atoms with E-state index in [1.807, 2.05) is 0 Å². The molecule has 0 atom stereocenters. The molecule has 0 aliphatic carbocycles. The van der Waals surface area contributed by atoms with Crippen LogP contribution >= 0.6 is 0 Å². The van der Waals surface area contributed by atoms with E-state index in [-0.39, 0.29) is 12.5 Å². The maximum Gasteiger partial charge on any atom is 0.435 e. The van der Waals surface area contributed by atoms with E-state index in [0.717, 1.165) is 6.07 Å². The van der Waals surface area contributed by atoms with E-state index in [1.165, 1.54) is 11.8 Å². The first-order valence-electron chi connectivity index (χ1n) is 7.36. The van der Waals surface area contributed by atoms with Gasteiger partial charge in [0.05, 0.1) is 12.7 Å². The summed E-state index contributed by atoms with van der Waals surface area (Å²) in [6, 6.07) is 7.81. The van der Waals surface area contributed by atoms with Crippen LogP contribution in [0.15, 0.2) is 30.3 Å². The summed E-state index contributed by atoms with van der Waals surface area (Å²) in [4.78, 5) is 12.1. The molecule has 8 heteroatoms.